The smallest absolute Gasteiger partial charge is 0.303 e. The first kappa shape index (κ1) is 14.5. The van der Waals surface area contributed by atoms with Crippen LogP contribution < -0.4 is 5.32 Å². The third-order valence-electron chi connectivity index (χ3n) is 2.04. The fourth-order valence-electron chi connectivity index (χ4n) is 1.22. The molecule has 0 aromatic heterocycles. The second-order valence-electron chi connectivity index (χ2n) is 3.60. The summed E-state index contributed by atoms with van der Waals surface area (Å²) in [7, 11) is 0. The van der Waals surface area contributed by atoms with Crippen LogP contribution in [0.2, 0.25) is 0 Å². The summed E-state index contributed by atoms with van der Waals surface area (Å²) >= 11 is 1.38. The van der Waals surface area contributed by atoms with Crippen LogP contribution in [0.15, 0.2) is 24.3 Å². The Morgan fingerprint density at radius 2 is 1.94 bits per heavy atom. The van der Waals surface area contributed by atoms with E-state index in [1.54, 1.807) is 0 Å². The predicted molar refractivity (Wildman–Crippen MR) is 69.2 cm³/mol. The molecule has 18 heavy (non-hydrogen) atoms. The van der Waals surface area contributed by atoms with Crippen molar-refractivity contribution >= 4 is 29.3 Å². The lowest BCUT2D eigenvalue weighted by Gasteiger charge is -2.04. The number of carboxylic acid groups (broad SMARTS) is 1. The van der Waals surface area contributed by atoms with Gasteiger partial charge in [-0.1, -0.05) is 0 Å². The molecule has 0 radical (unpaired) electrons. The Hall–Kier alpha value is -1.56. The van der Waals surface area contributed by atoms with Crippen molar-refractivity contribution < 1.29 is 19.1 Å². The van der Waals surface area contributed by atoms with Gasteiger partial charge in [0.2, 0.25) is 5.91 Å². The minimum absolute atomic E-state index is 0.118. The van der Waals surface area contributed by atoms with Crippen molar-refractivity contribution in [3.05, 3.63) is 30.1 Å². The van der Waals surface area contributed by atoms with Gasteiger partial charge in [-0.05, 0) is 36.4 Å². The number of hydrogen-bond acceptors (Lipinski definition) is 3. The number of nitrogens with one attached hydrogen (secondary N) is 1. The van der Waals surface area contributed by atoms with E-state index in [4.69, 9.17) is 5.11 Å². The first-order chi connectivity index (χ1) is 8.58. The highest BCUT2D eigenvalue weighted by Crippen LogP contribution is 2.10. The van der Waals surface area contributed by atoms with Crippen molar-refractivity contribution in [3.63, 3.8) is 0 Å². The van der Waals surface area contributed by atoms with Crippen molar-refractivity contribution in [3.8, 4) is 0 Å². The van der Waals surface area contributed by atoms with Crippen LogP contribution in [0.3, 0.4) is 0 Å². The molecule has 0 fully saturated rings. The van der Waals surface area contributed by atoms with Crippen LogP contribution in [-0.4, -0.2) is 28.5 Å². The summed E-state index contributed by atoms with van der Waals surface area (Å²) in [4.78, 5) is 21.7. The molecule has 0 aliphatic rings. The summed E-state index contributed by atoms with van der Waals surface area (Å²) in [6, 6.07) is 5.52. The molecule has 0 heterocycles. The van der Waals surface area contributed by atoms with Crippen molar-refractivity contribution in [1.29, 1.82) is 0 Å². The third-order valence-corrected chi connectivity index (χ3v) is 3.08. The topological polar surface area (TPSA) is 66.4 Å². The molecular formula is C12H14FNO3S. The van der Waals surface area contributed by atoms with E-state index < -0.39 is 5.97 Å². The van der Waals surface area contributed by atoms with Gasteiger partial charge in [0.05, 0.1) is 5.75 Å². The van der Waals surface area contributed by atoms with Crippen molar-refractivity contribution in [2.45, 2.75) is 12.8 Å². The van der Waals surface area contributed by atoms with Gasteiger partial charge in [-0.25, -0.2) is 4.39 Å². The van der Waals surface area contributed by atoms with Crippen LogP contribution in [0.5, 0.6) is 0 Å². The van der Waals surface area contributed by atoms with Gasteiger partial charge in [-0.15, -0.1) is 0 Å². The molecule has 0 bridgehead atoms. The first-order valence-corrected chi connectivity index (χ1v) is 6.58. The number of rotatable bonds is 7. The summed E-state index contributed by atoms with van der Waals surface area (Å²) in [6.07, 6.45) is 0.663. The number of carbonyl (C=O) groups excluding carboxylic acids is 1. The molecule has 0 unspecified atom stereocenters. The molecule has 0 saturated carbocycles. The monoisotopic (exact) mass is 271 g/mol. The van der Waals surface area contributed by atoms with Crippen molar-refractivity contribution in [1.82, 2.24) is 0 Å². The second kappa shape index (κ2) is 7.71. The lowest BCUT2D eigenvalue weighted by molar-refractivity contribution is -0.137. The molecule has 0 spiro atoms. The van der Waals surface area contributed by atoms with Crippen molar-refractivity contribution in [2.75, 3.05) is 16.8 Å². The van der Waals surface area contributed by atoms with Crippen LogP contribution in [0.1, 0.15) is 12.8 Å². The average molecular weight is 271 g/mol. The summed E-state index contributed by atoms with van der Waals surface area (Å²) < 4.78 is 12.6. The lowest BCUT2D eigenvalue weighted by Crippen LogP contribution is -2.14. The van der Waals surface area contributed by atoms with Crippen LogP contribution in [-0.2, 0) is 9.59 Å². The Labute approximate surface area is 109 Å². The van der Waals surface area contributed by atoms with Crippen molar-refractivity contribution in [2.24, 2.45) is 0 Å². The number of benzene rings is 1. The van der Waals surface area contributed by atoms with E-state index in [-0.39, 0.29) is 23.9 Å². The Bertz CT molecular complexity index is 408. The van der Waals surface area contributed by atoms with E-state index in [1.165, 1.54) is 36.0 Å². The van der Waals surface area contributed by atoms with Gasteiger partial charge in [-0.2, -0.15) is 11.8 Å². The number of aliphatic carboxylic acids is 1. The standard InChI is InChI=1S/C12H14FNO3S/c13-9-3-5-10(6-4-9)14-11(15)8-18-7-1-2-12(16)17/h3-6H,1-2,7-8H2,(H,14,15)(H,16,17). The predicted octanol–water partition coefficient (Wildman–Crippen LogP) is 2.36. The highest BCUT2D eigenvalue weighted by molar-refractivity contribution is 7.99. The molecule has 1 amide bonds. The van der Waals surface area contributed by atoms with E-state index in [9.17, 15) is 14.0 Å². The molecule has 6 heteroatoms. The van der Waals surface area contributed by atoms with Crippen LogP contribution in [0, 0.1) is 5.82 Å². The molecule has 2 N–H and O–H groups in total. The number of amides is 1. The number of carbonyl (C=O) groups is 2. The maximum absolute atomic E-state index is 12.6. The number of thioether (sulfide) groups is 1. The quantitative estimate of drug-likeness (QED) is 0.747. The largest absolute Gasteiger partial charge is 0.481 e. The molecule has 1 aromatic carbocycles. The fourth-order valence-corrected chi connectivity index (χ4v) is 1.97. The summed E-state index contributed by atoms with van der Waals surface area (Å²) in [5.41, 5.74) is 0.549. The lowest BCUT2D eigenvalue weighted by atomic mass is 10.3. The Kier molecular flexibility index (Phi) is 6.21. The fraction of sp³-hybridized carbons (Fsp3) is 0.333. The van der Waals surface area contributed by atoms with E-state index >= 15 is 0 Å². The van der Waals surface area contributed by atoms with Gasteiger partial charge >= 0.3 is 5.97 Å². The molecule has 1 aromatic rings. The number of anilines is 1. The van der Waals surface area contributed by atoms with Gasteiger partial charge in [-0.3, -0.25) is 9.59 Å². The SMILES string of the molecule is O=C(O)CCCSCC(=O)Nc1ccc(F)cc1. The van der Waals surface area contributed by atoms with E-state index in [2.05, 4.69) is 5.32 Å². The molecule has 0 saturated heterocycles. The summed E-state index contributed by atoms with van der Waals surface area (Å²) in [6.45, 7) is 0. The highest BCUT2D eigenvalue weighted by Gasteiger charge is 2.03. The first-order valence-electron chi connectivity index (χ1n) is 5.43. The molecule has 98 valence electrons. The minimum Gasteiger partial charge on any atom is -0.481 e. The molecule has 0 aliphatic carbocycles. The minimum atomic E-state index is -0.827. The Morgan fingerprint density at radius 3 is 2.56 bits per heavy atom. The van der Waals surface area contributed by atoms with Gasteiger partial charge < -0.3 is 10.4 Å². The summed E-state index contributed by atoms with van der Waals surface area (Å²) in [5.74, 6) is -0.468. The van der Waals surface area contributed by atoms with Gasteiger partial charge in [0.1, 0.15) is 5.82 Å². The number of carboxylic acids is 1. The highest BCUT2D eigenvalue weighted by atomic mass is 32.2. The van der Waals surface area contributed by atoms with E-state index in [0.29, 0.717) is 17.9 Å². The van der Waals surface area contributed by atoms with Gasteiger partial charge in [0.15, 0.2) is 0 Å². The normalized spacial score (nSPS) is 10.1. The van der Waals surface area contributed by atoms with Gasteiger partial charge in [0.25, 0.3) is 0 Å². The maximum atomic E-state index is 12.6. The summed E-state index contributed by atoms with van der Waals surface area (Å²) in [5, 5.41) is 11.0. The Morgan fingerprint density at radius 1 is 1.28 bits per heavy atom. The number of hydrogen-bond donors (Lipinski definition) is 2. The average Bonchev–Trinajstić information content (AvgIpc) is 2.31. The second-order valence-corrected chi connectivity index (χ2v) is 4.71. The maximum Gasteiger partial charge on any atom is 0.303 e. The third kappa shape index (κ3) is 6.24. The zero-order valence-corrected chi connectivity index (χ0v) is 10.5. The molecule has 4 nitrogen and oxygen atoms in total. The zero-order chi connectivity index (χ0) is 13.4. The molecular weight excluding hydrogens is 257 g/mol. The zero-order valence-electron chi connectivity index (χ0n) is 9.69. The molecule has 1 rings (SSSR count). The Balaban J connectivity index is 2.17. The number of halogens is 1. The molecule has 0 atom stereocenters. The van der Waals surface area contributed by atoms with Crippen LogP contribution in [0.25, 0.3) is 0 Å². The van der Waals surface area contributed by atoms with E-state index in [0.717, 1.165) is 0 Å². The van der Waals surface area contributed by atoms with E-state index in [1.807, 2.05) is 0 Å². The van der Waals surface area contributed by atoms with Crippen LogP contribution >= 0.6 is 11.8 Å². The van der Waals surface area contributed by atoms with Gasteiger partial charge in [0, 0.05) is 12.1 Å². The molecule has 0 aliphatic heterocycles. The van der Waals surface area contributed by atoms with Crippen LogP contribution in [0.4, 0.5) is 10.1 Å².